The zero-order valence-electron chi connectivity index (χ0n) is 47.4. The van der Waals surface area contributed by atoms with Crippen LogP contribution in [0.4, 0.5) is 4.79 Å². The molecule has 19 nitrogen and oxygen atoms in total. The van der Waals surface area contributed by atoms with Crippen LogP contribution in [-0.4, -0.2) is 137 Å². The van der Waals surface area contributed by atoms with E-state index in [1.54, 1.807) is 22.7 Å². The van der Waals surface area contributed by atoms with E-state index in [4.69, 9.17) is 40.3 Å². The SMILES string of the molecule is Cc1ncsc1-c1ccc([C@H](C)NC(=O)[C@@H]2C[C@@H](OC(=O)OC3/C=C\CCCCC3)CN2C(=O)[C@@H](NC(=O)COCCOCCOCCNC(=O)C[C@@H]2N=C(c3ccc(Cl)cc3)c3c(sc(C)c3C)-n3c(C)nnc32)C(C)(C)C)cc1. The monoisotopic (exact) mass is 1170 g/mol. The van der Waals surface area contributed by atoms with Crippen LogP contribution in [0.15, 0.2) is 71.2 Å². The van der Waals surface area contributed by atoms with Gasteiger partial charge in [0.15, 0.2) is 5.82 Å². The summed E-state index contributed by atoms with van der Waals surface area (Å²) >= 11 is 9.46. The third-order valence-corrected chi connectivity index (χ3v) is 17.0. The summed E-state index contributed by atoms with van der Waals surface area (Å²) in [5.41, 5.74) is 7.59. The van der Waals surface area contributed by atoms with E-state index in [1.807, 2.05) is 112 Å². The Morgan fingerprint density at radius 3 is 2.27 bits per heavy atom. The maximum atomic E-state index is 14.7. The number of aromatic nitrogens is 4. The second-order valence-electron chi connectivity index (χ2n) is 21.7. The summed E-state index contributed by atoms with van der Waals surface area (Å²) in [7, 11) is 0. The van der Waals surface area contributed by atoms with Gasteiger partial charge < -0.3 is 44.5 Å². The number of benzene rings is 2. The number of allylic oxidation sites excluding steroid dienone is 1. The Labute approximate surface area is 486 Å². The highest BCUT2D eigenvalue weighted by Crippen LogP contribution is 2.40. The number of fused-ring (bicyclic) bond motifs is 3. The van der Waals surface area contributed by atoms with Gasteiger partial charge in [-0.05, 0) is 101 Å². The van der Waals surface area contributed by atoms with Crippen molar-refractivity contribution in [1.82, 2.24) is 40.6 Å². The van der Waals surface area contributed by atoms with Gasteiger partial charge in [-0.2, -0.15) is 0 Å². The Morgan fingerprint density at radius 1 is 0.840 bits per heavy atom. The molecule has 2 aromatic carbocycles. The molecule has 1 saturated heterocycles. The van der Waals surface area contributed by atoms with Gasteiger partial charge in [-0.25, -0.2) is 9.78 Å². The zero-order valence-corrected chi connectivity index (χ0v) is 49.8. The van der Waals surface area contributed by atoms with E-state index in [9.17, 15) is 24.0 Å². The predicted molar refractivity (Wildman–Crippen MR) is 311 cm³/mol. The Morgan fingerprint density at radius 2 is 1.56 bits per heavy atom. The summed E-state index contributed by atoms with van der Waals surface area (Å²) in [6.45, 7) is 16.2. The molecule has 0 radical (unpaired) electrons. The molecule has 2 aliphatic heterocycles. The van der Waals surface area contributed by atoms with Crippen LogP contribution in [0.2, 0.25) is 5.02 Å². The molecule has 1 fully saturated rings. The van der Waals surface area contributed by atoms with Crippen LogP contribution >= 0.6 is 34.3 Å². The van der Waals surface area contributed by atoms with Crippen molar-refractivity contribution in [2.75, 3.05) is 52.7 Å². The number of halogens is 1. The molecule has 0 bridgehead atoms. The number of thiazole rings is 1. The van der Waals surface area contributed by atoms with Gasteiger partial charge >= 0.3 is 6.16 Å². The number of amides is 4. The standard InChI is InChI=1S/C59H74ClN9O10S2/c1-35-38(4)81-57-50(35)51(41-20-22-43(60)23-21-41)64-46(54-67-66-39(5)69(54)57)31-48(70)61-24-25-75-26-27-76-28-29-77-33-49(71)65-53(59(6,7)8)56(73)68-32-45(79-58(74)78-44-14-12-10-9-11-13-15-44)30-47(68)55(72)63-36(2)40-16-18-42(19-17-40)52-37(3)62-34-80-52/h12,14,16-23,34,36,44-47,53H,9-11,13,15,24-33H2,1-8H3,(H,61,70)(H,63,72)(H,65,71)/b14-12-/t36-,44?,45+,46-,47-,53+/m0/s1. The van der Waals surface area contributed by atoms with E-state index in [-0.39, 0.29) is 71.5 Å². The summed E-state index contributed by atoms with van der Waals surface area (Å²) < 4.78 is 30.5. The normalized spacial score (nSPS) is 19.2. The van der Waals surface area contributed by atoms with Gasteiger partial charge in [0.2, 0.25) is 23.6 Å². The molecule has 434 valence electrons. The van der Waals surface area contributed by atoms with E-state index in [1.165, 1.54) is 4.90 Å². The topological polar surface area (TPSA) is 227 Å². The average molecular weight is 1170 g/mol. The highest BCUT2D eigenvalue weighted by Gasteiger charge is 2.46. The van der Waals surface area contributed by atoms with E-state index in [0.29, 0.717) is 23.1 Å². The summed E-state index contributed by atoms with van der Waals surface area (Å²) in [5.74, 6) is -0.368. The van der Waals surface area contributed by atoms with Gasteiger partial charge in [0, 0.05) is 34.0 Å². The number of hydrogen-bond acceptors (Lipinski definition) is 16. The fourth-order valence-corrected chi connectivity index (χ4v) is 12.2. The maximum Gasteiger partial charge on any atom is 0.509 e. The molecule has 5 aromatic rings. The number of aliphatic imine (C=N–C) groups is 1. The van der Waals surface area contributed by atoms with Gasteiger partial charge in [0.25, 0.3) is 0 Å². The average Bonchev–Trinajstić information content (AvgIpc) is 3.95. The van der Waals surface area contributed by atoms with Crippen LogP contribution in [0.5, 0.6) is 0 Å². The fourth-order valence-electron chi connectivity index (χ4n) is 10.0. The molecular weight excluding hydrogens is 1090 g/mol. The van der Waals surface area contributed by atoms with Crippen molar-refractivity contribution in [3.63, 3.8) is 0 Å². The smallest absolute Gasteiger partial charge is 0.429 e. The molecule has 4 amide bonds. The first-order chi connectivity index (χ1) is 38.9. The van der Waals surface area contributed by atoms with Crippen LogP contribution in [0.25, 0.3) is 15.4 Å². The molecule has 0 saturated carbocycles. The first kappa shape index (κ1) is 60.7. The zero-order chi connectivity index (χ0) is 57.8. The first-order valence-electron chi connectivity index (χ1n) is 27.7. The highest BCUT2D eigenvalue weighted by molar-refractivity contribution is 7.15. The quantitative estimate of drug-likeness (QED) is 0.0334. The number of aryl methyl sites for hydroxylation is 3. The van der Waals surface area contributed by atoms with Crippen molar-refractivity contribution < 1.29 is 47.7 Å². The van der Waals surface area contributed by atoms with Crippen LogP contribution in [0.1, 0.15) is 129 Å². The van der Waals surface area contributed by atoms with Crippen molar-refractivity contribution in [2.45, 2.75) is 137 Å². The Bertz CT molecular complexity index is 3060. The number of ether oxygens (including phenoxy) is 5. The molecule has 81 heavy (non-hydrogen) atoms. The molecule has 3 N–H and O–H groups in total. The summed E-state index contributed by atoms with van der Waals surface area (Å²) in [6, 6.07) is 12.3. The van der Waals surface area contributed by atoms with Crippen molar-refractivity contribution in [1.29, 1.82) is 0 Å². The van der Waals surface area contributed by atoms with Crippen molar-refractivity contribution in [3.05, 3.63) is 116 Å². The molecule has 5 heterocycles. The van der Waals surface area contributed by atoms with Gasteiger partial charge in [-0.1, -0.05) is 81.3 Å². The minimum absolute atomic E-state index is 0.0337. The van der Waals surface area contributed by atoms with Gasteiger partial charge in [-0.3, -0.25) is 28.7 Å². The lowest BCUT2D eigenvalue weighted by molar-refractivity contribution is -0.144. The van der Waals surface area contributed by atoms with Gasteiger partial charge in [-0.15, -0.1) is 32.9 Å². The lowest BCUT2D eigenvalue weighted by Crippen LogP contribution is -2.58. The highest BCUT2D eigenvalue weighted by atomic mass is 35.5. The molecule has 6 atom stereocenters. The van der Waals surface area contributed by atoms with Crippen LogP contribution in [0.3, 0.4) is 0 Å². The largest absolute Gasteiger partial charge is 0.509 e. The number of likely N-dealkylation sites (tertiary alicyclic amines) is 1. The molecule has 0 spiro atoms. The van der Waals surface area contributed by atoms with E-state index < -0.39 is 65.7 Å². The lowest BCUT2D eigenvalue weighted by Gasteiger charge is -2.35. The lowest BCUT2D eigenvalue weighted by atomic mass is 9.85. The Balaban J connectivity index is 0.782. The Kier molecular flexibility index (Phi) is 21.1. The minimum Gasteiger partial charge on any atom is -0.429 e. The molecule has 1 unspecified atom stereocenters. The Hall–Kier alpha value is -6.36. The van der Waals surface area contributed by atoms with Crippen LogP contribution < -0.4 is 16.0 Å². The molecule has 3 aliphatic rings. The number of hydrogen-bond donors (Lipinski definition) is 3. The molecule has 8 rings (SSSR count). The number of carbonyl (C=O) groups excluding carboxylic acids is 5. The summed E-state index contributed by atoms with van der Waals surface area (Å²) in [4.78, 5) is 82.0. The number of nitrogens with zero attached hydrogens (tertiary/aromatic N) is 6. The number of carbonyl (C=O) groups is 5. The summed E-state index contributed by atoms with van der Waals surface area (Å²) in [5, 5.41) is 19.3. The number of nitrogens with one attached hydrogen (secondary N) is 3. The second-order valence-corrected chi connectivity index (χ2v) is 24.2. The second kappa shape index (κ2) is 28.1. The third-order valence-electron chi connectivity index (χ3n) is 14.5. The molecular formula is C59H74ClN9O10S2. The maximum absolute atomic E-state index is 14.7. The molecule has 3 aromatic heterocycles. The van der Waals surface area contributed by atoms with Gasteiger partial charge in [0.1, 0.15) is 47.8 Å². The predicted octanol–water partition coefficient (Wildman–Crippen LogP) is 9.21. The van der Waals surface area contributed by atoms with Crippen LogP contribution in [-0.2, 0) is 42.9 Å². The molecule has 22 heteroatoms. The fraction of sp³-hybridized carbons (Fsp3) is 0.508. The first-order valence-corrected chi connectivity index (χ1v) is 29.7. The number of thiophene rings is 1. The van der Waals surface area contributed by atoms with Crippen molar-refractivity contribution in [3.8, 4) is 15.4 Å². The van der Waals surface area contributed by atoms with E-state index >= 15 is 0 Å². The third kappa shape index (κ3) is 15.8. The van der Waals surface area contributed by atoms with Gasteiger partial charge in [0.05, 0.1) is 73.8 Å². The molecule has 1 aliphatic carbocycles. The van der Waals surface area contributed by atoms with Crippen molar-refractivity contribution >= 4 is 69.8 Å². The van der Waals surface area contributed by atoms with E-state index in [0.717, 1.165) is 79.7 Å². The van der Waals surface area contributed by atoms with Crippen molar-refractivity contribution in [2.24, 2.45) is 10.4 Å². The van der Waals surface area contributed by atoms with E-state index in [2.05, 4.69) is 45.0 Å². The van der Waals surface area contributed by atoms with Crippen LogP contribution in [0, 0.1) is 33.1 Å². The minimum atomic E-state index is -1.07. The number of rotatable bonds is 22. The summed E-state index contributed by atoms with van der Waals surface area (Å²) in [6.07, 6.45) is 6.48.